The van der Waals surface area contributed by atoms with Crippen molar-refractivity contribution in [3.8, 4) is 0 Å². The summed E-state index contributed by atoms with van der Waals surface area (Å²) in [5.41, 5.74) is 4.83. The molecule has 0 amide bonds. The van der Waals surface area contributed by atoms with Gasteiger partial charge in [0.2, 0.25) is 0 Å². The van der Waals surface area contributed by atoms with Gasteiger partial charge in [-0.3, -0.25) is 4.99 Å². The van der Waals surface area contributed by atoms with E-state index in [0.29, 0.717) is 12.3 Å². The highest BCUT2D eigenvalue weighted by atomic mass is 16.4. The largest absolute Gasteiger partial charge is 0.410 e. The molecule has 0 unspecified atom stereocenters. The molecule has 1 aromatic carbocycles. The summed E-state index contributed by atoms with van der Waals surface area (Å²) in [6.07, 6.45) is 7.80. The molecule has 1 heterocycles. The number of hydrogen-bond donors (Lipinski definition) is 1. The molecule has 3 nitrogen and oxygen atoms in total. The molecule has 0 fully saturated rings. The molecule has 0 radical (unpaired) electrons. The van der Waals surface area contributed by atoms with Crippen LogP contribution in [-0.4, -0.2) is 23.2 Å². The lowest BCUT2D eigenvalue weighted by molar-refractivity contribution is 0.319. The van der Waals surface area contributed by atoms with Crippen LogP contribution in [-0.2, 0) is 6.42 Å². The van der Waals surface area contributed by atoms with Crippen molar-refractivity contribution in [2.24, 2.45) is 10.1 Å². The second kappa shape index (κ2) is 4.61. The third-order valence-electron chi connectivity index (χ3n) is 3.36. The normalized spacial score (nSPS) is 20.3. The second-order valence-corrected chi connectivity index (χ2v) is 4.40. The summed E-state index contributed by atoms with van der Waals surface area (Å²) in [5.74, 6) is 0. The highest BCUT2D eigenvalue weighted by Gasteiger charge is 2.23. The van der Waals surface area contributed by atoms with Crippen LogP contribution in [0, 0.1) is 0 Å². The number of aliphatic imine (C=N–C) groups is 1. The zero-order valence-electron chi connectivity index (χ0n) is 10.0. The van der Waals surface area contributed by atoms with E-state index in [1.165, 1.54) is 5.56 Å². The Morgan fingerprint density at radius 1 is 1.17 bits per heavy atom. The van der Waals surface area contributed by atoms with Crippen molar-refractivity contribution >= 4 is 11.4 Å². The number of nitrogens with zero attached hydrogens (tertiary/aromatic N) is 2. The highest BCUT2D eigenvalue weighted by molar-refractivity contribution is 6.31. The molecular formula is C15H14N2O. The van der Waals surface area contributed by atoms with Crippen LogP contribution in [0.1, 0.15) is 17.5 Å². The van der Waals surface area contributed by atoms with Gasteiger partial charge < -0.3 is 5.21 Å². The van der Waals surface area contributed by atoms with Gasteiger partial charge in [-0.1, -0.05) is 47.6 Å². The predicted octanol–water partition coefficient (Wildman–Crippen LogP) is 2.75. The van der Waals surface area contributed by atoms with Crippen molar-refractivity contribution in [1.29, 1.82) is 0 Å². The summed E-state index contributed by atoms with van der Waals surface area (Å²) in [6, 6.07) is 8.08. The minimum atomic E-state index is 0.633. The summed E-state index contributed by atoms with van der Waals surface area (Å²) < 4.78 is 0. The van der Waals surface area contributed by atoms with E-state index in [4.69, 9.17) is 0 Å². The lowest BCUT2D eigenvalue weighted by atomic mass is 9.98. The summed E-state index contributed by atoms with van der Waals surface area (Å²) in [7, 11) is 0. The molecule has 1 aliphatic carbocycles. The van der Waals surface area contributed by atoms with Crippen LogP contribution < -0.4 is 0 Å². The Morgan fingerprint density at radius 3 is 2.94 bits per heavy atom. The third kappa shape index (κ3) is 1.78. The SMILES string of the molecule is O/N=C1/C2=CC=CCN=C2CCc2ccccc21. The van der Waals surface area contributed by atoms with E-state index in [0.717, 1.165) is 29.7 Å². The van der Waals surface area contributed by atoms with E-state index < -0.39 is 0 Å². The Bertz CT molecular complexity index is 594. The number of allylic oxidation sites excluding steroid dienone is 3. The first-order chi connectivity index (χ1) is 8.90. The van der Waals surface area contributed by atoms with Crippen molar-refractivity contribution in [2.75, 3.05) is 6.54 Å². The maximum Gasteiger partial charge on any atom is 0.119 e. The molecule has 3 rings (SSSR count). The number of rotatable bonds is 0. The average Bonchev–Trinajstić information content (AvgIpc) is 2.71. The highest BCUT2D eigenvalue weighted by Crippen LogP contribution is 2.24. The fraction of sp³-hybridized carbons (Fsp3) is 0.200. The molecule has 0 atom stereocenters. The van der Waals surface area contributed by atoms with Crippen molar-refractivity contribution in [1.82, 2.24) is 0 Å². The number of aryl methyl sites for hydroxylation is 1. The average molecular weight is 238 g/mol. The van der Waals surface area contributed by atoms with Crippen LogP contribution in [0.2, 0.25) is 0 Å². The standard InChI is InChI=1S/C15H14N2O/c18-17-15-12-6-2-1-5-11(12)8-9-14-13(15)7-3-4-10-16-14/h1-7,18H,8-10H2/b17-15+. The Kier molecular flexibility index (Phi) is 2.81. The van der Waals surface area contributed by atoms with Gasteiger partial charge in [-0.25, -0.2) is 0 Å². The van der Waals surface area contributed by atoms with Gasteiger partial charge in [0, 0.05) is 16.8 Å². The molecule has 0 saturated heterocycles. The predicted molar refractivity (Wildman–Crippen MR) is 72.6 cm³/mol. The van der Waals surface area contributed by atoms with Crippen LogP contribution in [0.4, 0.5) is 0 Å². The van der Waals surface area contributed by atoms with Crippen molar-refractivity contribution in [3.05, 3.63) is 59.2 Å². The lowest BCUT2D eigenvalue weighted by Gasteiger charge is -2.08. The molecule has 1 N–H and O–H groups in total. The van der Waals surface area contributed by atoms with Crippen molar-refractivity contribution in [3.63, 3.8) is 0 Å². The Morgan fingerprint density at radius 2 is 2.06 bits per heavy atom. The molecule has 90 valence electrons. The van der Waals surface area contributed by atoms with Crippen LogP contribution in [0.15, 0.2) is 58.2 Å². The quantitative estimate of drug-likeness (QED) is 0.548. The van der Waals surface area contributed by atoms with Crippen molar-refractivity contribution < 1.29 is 5.21 Å². The zero-order valence-corrected chi connectivity index (χ0v) is 10.0. The van der Waals surface area contributed by atoms with Gasteiger partial charge in [-0.15, -0.1) is 0 Å². The van der Waals surface area contributed by atoms with E-state index in [9.17, 15) is 5.21 Å². The van der Waals surface area contributed by atoms with Gasteiger partial charge in [-0.2, -0.15) is 0 Å². The second-order valence-electron chi connectivity index (χ2n) is 4.40. The Labute approximate surface area is 106 Å². The van der Waals surface area contributed by atoms with Crippen LogP contribution in [0.5, 0.6) is 0 Å². The van der Waals surface area contributed by atoms with Gasteiger partial charge in [0.1, 0.15) is 5.71 Å². The number of hydrogen-bond acceptors (Lipinski definition) is 3. The molecule has 1 aliphatic heterocycles. The number of benzene rings is 1. The maximum absolute atomic E-state index is 9.36. The molecule has 1 aromatic rings. The van der Waals surface area contributed by atoms with Gasteiger partial charge in [0.25, 0.3) is 0 Å². The maximum atomic E-state index is 9.36. The molecule has 2 aliphatic rings. The first-order valence-corrected chi connectivity index (χ1v) is 6.11. The fourth-order valence-corrected chi connectivity index (χ4v) is 2.47. The first-order valence-electron chi connectivity index (χ1n) is 6.11. The summed E-state index contributed by atoms with van der Waals surface area (Å²) in [4.78, 5) is 4.56. The fourth-order valence-electron chi connectivity index (χ4n) is 2.47. The number of oxime groups is 1. The van der Waals surface area contributed by atoms with Gasteiger partial charge in [-0.05, 0) is 18.4 Å². The summed E-state index contributed by atoms with van der Waals surface area (Å²) in [6.45, 7) is 0.699. The molecule has 18 heavy (non-hydrogen) atoms. The first kappa shape index (κ1) is 11.0. The van der Waals surface area contributed by atoms with Gasteiger partial charge >= 0.3 is 0 Å². The minimum absolute atomic E-state index is 0.633. The molecule has 0 spiro atoms. The summed E-state index contributed by atoms with van der Waals surface area (Å²) >= 11 is 0. The number of fused-ring (bicyclic) bond motifs is 2. The third-order valence-corrected chi connectivity index (χ3v) is 3.36. The molecule has 3 heteroatoms. The molecule has 0 bridgehead atoms. The lowest BCUT2D eigenvalue weighted by Crippen LogP contribution is -2.12. The topological polar surface area (TPSA) is 45.0 Å². The minimum Gasteiger partial charge on any atom is -0.410 e. The molecular weight excluding hydrogens is 224 g/mol. The zero-order chi connectivity index (χ0) is 12.4. The van der Waals surface area contributed by atoms with E-state index in [2.05, 4.69) is 16.2 Å². The van der Waals surface area contributed by atoms with Gasteiger partial charge in [0.15, 0.2) is 0 Å². The molecule has 0 saturated carbocycles. The monoisotopic (exact) mass is 238 g/mol. The Hall–Kier alpha value is -2.16. The van der Waals surface area contributed by atoms with Crippen molar-refractivity contribution in [2.45, 2.75) is 12.8 Å². The Balaban J connectivity index is 2.21. The van der Waals surface area contributed by atoms with Crippen LogP contribution in [0.25, 0.3) is 0 Å². The van der Waals surface area contributed by atoms with E-state index in [1.54, 1.807) is 0 Å². The van der Waals surface area contributed by atoms with Crippen LogP contribution >= 0.6 is 0 Å². The van der Waals surface area contributed by atoms with E-state index >= 15 is 0 Å². The van der Waals surface area contributed by atoms with Crippen LogP contribution in [0.3, 0.4) is 0 Å². The van der Waals surface area contributed by atoms with E-state index in [1.807, 2.05) is 36.4 Å². The molecule has 0 aromatic heterocycles. The van der Waals surface area contributed by atoms with Gasteiger partial charge in [0.05, 0.1) is 6.54 Å². The van der Waals surface area contributed by atoms with E-state index in [-0.39, 0.29) is 0 Å². The smallest absolute Gasteiger partial charge is 0.119 e. The summed E-state index contributed by atoms with van der Waals surface area (Å²) in [5, 5.41) is 12.9.